The van der Waals surface area contributed by atoms with Crippen molar-refractivity contribution in [1.29, 1.82) is 0 Å². The highest BCUT2D eigenvalue weighted by Crippen LogP contribution is 2.30. The van der Waals surface area contributed by atoms with E-state index in [9.17, 15) is 13.2 Å². The fourth-order valence-corrected chi connectivity index (χ4v) is 1.85. The zero-order chi connectivity index (χ0) is 12.6. The second kappa shape index (κ2) is 4.21. The largest absolute Gasteiger partial charge is 0.419 e. The highest BCUT2D eigenvalue weighted by molar-refractivity contribution is 14.1. The van der Waals surface area contributed by atoms with Gasteiger partial charge in [0.2, 0.25) is 0 Å². The van der Waals surface area contributed by atoms with Gasteiger partial charge in [-0.1, -0.05) is 0 Å². The van der Waals surface area contributed by atoms with Gasteiger partial charge in [0.15, 0.2) is 0 Å². The fourth-order valence-electron chi connectivity index (χ4n) is 1.33. The maximum Gasteiger partial charge on any atom is 0.419 e. The van der Waals surface area contributed by atoms with Crippen LogP contribution in [0.1, 0.15) is 5.56 Å². The number of rotatable bonds is 1. The zero-order valence-corrected chi connectivity index (χ0v) is 10.5. The highest BCUT2D eigenvalue weighted by atomic mass is 127. The van der Waals surface area contributed by atoms with Crippen LogP contribution in [0.5, 0.6) is 0 Å². The number of aromatic nitrogens is 2. The third-order valence-corrected chi connectivity index (χ3v) is 2.82. The monoisotopic (exact) mass is 353 g/mol. The van der Waals surface area contributed by atoms with Crippen LogP contribution in [0.25, 0.3) is 5.69 Å². The van der Waals surface area contributed by atoms with E-state index in [0.29, 0.717) is 11.4 Å². The van der Waals surface area contributed by atoms with Gasteiger partial charge < -0.3 is 5.73 Å². The Labute approximate surface area is 109 Å². The first-order chi connectivity index (χ1) is 7.88. The lowest BCUT2D eigenvalue weighted by Crippen LogP contribution is -2.03. The topological polar surface area (TPSA) is 43.8 Å². The Kier molecular flexibility index (Phi) is 3.02. The maximum absolute atomic E-state index is 12.4. The van der Waals surface area contributed by atoms with Crippen molar-refractivity contribution in [2.45, 2.75) is 6.18 Å². The Morgan fingerprint density at radius 1 is 1.29 bits per heavy atom. The molecule has 2 rings (SSSR count). The van der Waals surface area contributed by atoms with Crippen molar-refractivity contribution in [3.63, 3.8) is 0 Å². The van der Waals surface area contributed by atoms with E-state index in [0.717, 1.165) is 20.6 Å². The number of anilines is 1. The number of alkyl halides is 3. The van der Waals surface area contributed by atoms with E-state index in [1.807, 2.05) is 0 Å². The first-order valence-electron chi connectivity index (χ1n) is 4.55. The molecule has 0 amide bonds. The number of halogens is 4. The lowest BCUT2D eigenvalue weighted by molar-refractivity contribution is -0.137. The van der Waals surface area contributed by atoms with E-state index in [1.54, 1.807) is 18.2 Å². The summed E-state index contributed by atoms with van der Waals surface area (Å²) in [5.41, 5.74) is 5.74. The van der Waals surface area contributed by atoms with E-state index in [4.69, 9.17) is 5.73 Å². The van der Waals surface area contributed by atoms with Gasteiger partial charge in [0.1, 0.15) is 0 Å². The highest BCUT2D eigenvalue weighted by Gasteiger charge is 2.32. The van der Waals surface area contributed by atoms with Crippen molar-refractivity contribution < 1.29 is 13.2 Å². The molecule has 0 saturated carbocycles. The van der Waals surface area contributed by atoms with Crippen LogP contribution in [0.2, 0.25) is 0 Å². The van der Waals surface area contributed by atoms with Crippen LogP contribution >= 0.6 is 22.6 Å². The molecule has 0 fully saturated rings. The Balaban J connectivity index is 2.44. The number of nitrogens with zero attached hydrogens (tertiary/aromatic N) is 2. The average molecular weight is 353 g/mol. The van der Waals surface area contributed by atoms with E-state index < -0.39 is 11.7 Å². The van der Waals surface area contributed by atoms with E-state index in [-0.39, 0.29) is 0 Å². The molecule has 2 N–H and O–H groups in total. The summed E-state index contributed by atoms with van der Waals surface area (Å²) in [5, 5.41) is 3.66. The van der Waals surface area contributed by atoms with Crippen LogP contribution in [0.15, 0.2) is 30.6 Å². The average Bonchev–Trinajstić information content (AvgIpc) is 2.65. The van der Waals surface area contributed by atoms with Gasteiger partial charge in [-0.25, -0.2) is 4.68 Å². The number of benzene rings is 1. The summed E-state index contributed by atoms with van der Waals surface area (Å²) in [6.07, 6.45) is -2.70. The van der Waals surface area contributed by atoms with Gasteiger partial charge >= 0.3 is 6.18 Å². The molecule has 1 heterocycles. The second-order valence-corrected chi connectivity index (χ2v) is 4.62. The van der Waals surface area contributed by atoms with Crippen LogP contribution in [0.3, 0.4) is 0 Å². The number of hydrogen-bond donors (Lipinski definition) is 1. The molecule has 17 heavy (non-hydrogen) atoms. The van der Waals surface area contributed by atoms with E-state index in [2.05, 4.69) is 27.7 Å². The Bertz CT molecular complexity index is 548. The molecule has 0 radical (unpaired) electrons. The summed E-state index contributed by atoms with van der Waals surface area (Å²) in [6, 6.07) is 5.05. The normalized spacial score (nSPS) is 11.8. The summed E-state index contributed by atoms with van der Waals surface area (Å²) in [7, 11) is 0. The van der Waals surface area contributed by atoms with Gasteiger partial charge in [-0.05, 0) is 40.8 Å². The van der Waals surface area contributed by atoms with Gasteiger partial charge in [-0.3, -0.25) is 0 Å². The SMILES string of the molecule is Nc1cc(I)ccc1-n1cc(C(F)(F)F)cn1. The molecule has 2 aromatic rings. The third-order valence-electron chi connectivity index (χ3n) is 2.15. The van der Waals surface area contributed by atoms with E-state index in [1.165, 1.54) is 0 Å². The molecule has 7 heteroatoms. The molecule has 0 aliphatic carbocycles. The third kappa shape index (κ3) is 2.54. The molecule has 3 nitrogen and oxygen atoms in total. The molecule has 1 aromatic carbocycles. The lowest BCUT2D eigenvalue weighted by atomic mass is 10.3. The van der Waals surface area contributed by atoms with Crippen molar-refractivity contribution in [2.75, 3.05) is 5.73 Å². The summed E-state index contributed by atoms with van der Waals surface area (Å²) >= 11 is 2.07. The summed E-state index contributed by atoms with van der Waals surface area (Å²) in [6.45, 7) is 0. The van der Waals surface area contributed by atoms with Crippen molar-refractivity contribution in [1.82, 2.24) is 9.78 Å². The maximum atomic E-state index is 12.4. The van der Waals surface area contributed by atoms with Crippen LogP contribution in [-0.4, -0.2) is 9.78 Å². The van der Waals surface area contributed by atoms with Gasteiger partial charge in [0.05, 0.1) is 23.1 Å². The number of nitrogens with two attached hydrogens (primary N) is 1. The molecular formula is C10H7F3IN3. The van der Waals surface area contributed by atoms with Gasteiger partial charge in [0, 0.05) is 9.77 Å². The van der Waals surface area contributed by atoms with Gasteiger partial charge in [0.25, 0.3) is 0 Å². The quantitative estimate of drug-likeness (QED) is 0.633. The zero-order valence-electron chi connectivity index (χ0n) is 8.37. The van der Waals surface area contributed by atoms with Crippen molar-refractivity contribution in [3.8, 4) is 5.69 Å². The molecule has 0 aliphatic heterocycles. The number of nitrogen functional groups attached to an aromatic ring is 1. The molecule has 0 bridgehead atoms. The van der Waals surface area contributed by atoms with Crippen molar-refractivity contribution in [2.24, 2.45) is 0 Å². The summed E-state index contributed by atoms with van der Waals surface area (Å²) in [4.78, 5) is 0. The van der Waals surface area contributed by atoms with Crippen LogP contribution < -0.4 is 5.73 Å². The minimum absolute atomic E-state index is 0.383. The predicted molar refractivity (Wildman–Crippen MR) is 65.7 cm³/mol. The van der Waals surface area contributed by atoms with Crippen molar-refractivity contribution in [3.05, 3.63) is 39.7 Å². The second-order valence-electron chi connectivity index (χ2n) is 3.37. The van der Waals surface area contributed by atoms with E-state index >= 15 is 0 Å². The summed E-state index contributed by atoms with van der Waals surface area (Å²) in [5.74, 6) is 0. The Hall–Kier alpha value is -1.25. The minimum Gasteiger partial charge on any atom is -0.397 e. The van der Waals surface area contributed by atoms with Crippen LogP contribution in [-0.2, 0) is 6.18 Å². The molecule has 90 valence electrons. The molecule has 1 aromatic heterocycles. The van der Waals surface area contributed by atoms with Crippen LogP contribution in [0, 0.1) is 3.57 Å². The number of hydrogen-bond acceptors (Lipinski definition) is 2. The first kappa shape index (κ1) is 12.2. The smallest absolute Gasteiger partial charge is 0.397 e. The molecule has 0 unspecified atom stereocenters. The Morgan fingerprint density at radius 3 is 2.53 bits per heavy atom. The minimum atomic E-state index is -4.39. The molecule has 0 spiro atoms. The van der Waals surface area contributed by atoms with Gasteiger partial charge in [-0.2, -0.15) is 18.3 Å². The van der Waals surface area contributed by atoms with Crippen LogP contribution in [0.4, 0.5) is 18.9 Å². The molecular weight excluding hydrogens is 346 g/mol. The predicted octanol–water partition coefficient (Wildman–Crippen LogP) is 3.08. The molecule has 0 aliphatic rings. The van der Waals surface area contributed by atoms with Gasteiger partial charge in [-0.15, -0.1) is 0 Å². The first-order valence-corrected chi connectivity index (χ1v) is 5.63. The standard InChI is InChI=1S/C10H7F3IN3/c11-10(12,13)6-4-16-17(5-6)9-2-1-7(14)3-8(9)15/h1-5H,15H2. The summed E-state index contributed by atoms with van der Waals surface area (Å²) < 4.78 is 39.2. The fraction of sp³-hybridized carbons (Fsp3) is 0.100. The lowest BCUT2D eigenvalue weighted by Gasteiger charge is -2.06. The Morgan fingerprint density at radius 2 is 2.00 bits per heavy atom. The van der Waals surface area contributed by atoms with Crippen molar-refractivity contribution >= 4 is 28.3 Å². The molecule has 0 saturated heterocycles. The molecule has 0 atom stereocenters.